The molecule has 5 nitrogen and oxygen atoms in total. The molecule has 0 saturated carbocycles. The van der Waals surface area contributed by atoms with Crippen LogP contribution in [0.25, 0.3) is 0 Å². The number of non-ortho nitro benzene ring substituents is 1. The quantitative estimate of drug-likeness (QED) is 0.471. The van der Waals surface area contributed by atoms with Gasteiger partial charge in [-0.05, 0) is 6.07 Å². The van der Waals surface area contributed by atoms with Crippen LogP contribution in [0.4, 0.5) is 10.1 Å². The van der Waals surface area contributed by atoms with Gasteiger partial charge in [0.1, 0.15) is 5.82 Å². The molecule has 7 heteroatoms. The van der Waals surface area contributed by atoms with E-state index in [-0.39, 0.29) is 22.6 Å². The second kappa shape index (κ2) is 4.69. The van der Waals surface area contributed by atoms with Crippen LogP contribution in [0.5, 0.6) is 0 Å². The third-order valence-electron chi connectivity index (χ3n) is 1.43. The van der Waals surface area contributed by atoms with E-state index in [0.29, 0.717) is 6.07 Å². The number of benzene rings is 1. The maximum absolute atomic E-state index is 12.9. The first-order valence-corrected chi connectivity index (χ1v) is 3.26. The smallest absolute Gasteiger partial charge is 0.272 e. The van der Waals surface area contributed by atoms with Crippen LogP contribution in [0.1, 0.15) is 10.4 Å². The van der Waals surface area contributed by atoms with E-state index >= 15 is 0 Å². The van der Waals surface area contributed by atoms with Gasteiger partial charge in [-0.25, -0.2) is 4.39 Å². The number of nitrogens with two attached hydrogens (primary N) is 1. The number of nitro groups is 1. The van der Waals surface area contributed by atoms with Gasteiger partial charge in [-0.15, -0.1) is 0 Å². The van der Waals surface area contributed by atoms with E-state index < -0.39 is 22.3 Å². The van der Waals surface area contributed by atoms with Gasteiger partial charge in [0.05, 0.1) is 16.6 Å². The number of carbonyl (C=O) groups is 1. The van der Waals surface area contributed by atoms with Gasteiger partial charge in [0.2, 0.25) is 0 Å². The minimum Gasteiger partial charge on any atom is -0.366 e. The molecule has 1 aromatic rings. The standard InChI is InChI=1S/C7H5FN2O3.Fe/c8-6-3-4(10(12)13)1-2-5(6)7(9)11;/h1-3H,(H2,9,11);. The van der Waals surface area contributed by atoms with E-state index in [1.807, 2.05) is 0 Å². The Bertz CT molecular complexity index is 383. The number of halogens is 1. The first-order valence-electron chi connectivity index (χ1n) is 3.26. The van der Waals surface area contributed by atoms with E-state index in [9.17, 15) is 19.3 Å². The summed E-state index contributed by atoms with van der Waals surface area (Å²) in [4.78, 5) is 19.9. The van der Waals surface area contributed by atoms with Crippen LogP contribution in [0.2, 0.25) is 0 Å². The fraction of sp³-hybridized carbons (Fsp3) is 0. The number of carbonyl (C=O) groups excluding carboxylic acids is 1. The summed E-state index contributed by atoms with van der Waals surface area (Å²) in [7, 11) is 0. The van der Waals surface area contributed by atoms with Crippen molar-refractivity contribution in [2.24, 2.45) is 5.73 Å². The molecule has 76 valence electrons. The Kier molecular flexibility index (Phi) is 4.20. The van der Waals surface area contributed by atoms with Gasteiger partial charge < -0.3 is 5.73 Å². The summed E-state index contributed by atoms with van der Waals surface area (Å²) in [5.74, 6) is -1.94. The topological polar surface area (TPSA) is 86.2 Å². The SMILES string of the molecule is NC(=O)c1ccc([N+](=O)[O-])cc1F.[Fe]. The van der Waals surface area contributed by atoms with Crippen molar-refractivity contribution in [1.82, 2.24) is 0 Å². The van der Waals surface area contributed by atoms with Crippen molar-refractivity contribution in [2.75, 3.05) is 0 Å². The van der Waals surface area contributed by atoms with Crippen LogP contribution in [0.3, 0.4) is 0 Å². The largest absolute Gasteiger partial charge is 0.366 e. The normalized spacial score (nSPS) is 8.93. The number of amides is 1. The minimum absolute atomic E-state index is 0. The molecule has 0 spiro atoms. The molecule has 0 saturated heterocycles. The monoisotopic (exact) mass is 240 g/mol. The van der Waals surface area contributed by atoms with Gasteiger partial charge in [-0.1, -0.05) is 0 Å². The van der Waals surface area contributed by atoms with Crippen molar-refractivity contribution in [1.29, 1.82) is 0 Å². The van der Waals surface area contributed by atoms with E-state index in [0.717, 1.165) is 12.1 Å². The summed E-state index contributed by atoms with van der Waals surface area (Å²) >= 11 is 0. The van der Waals surface area contributed by atoms with Crippen molar-refractivity contribution in [3.05, 3.63) is 39.7 Å². The first kappa shape index (κ1) is 12.5. The van der Waals surface area contributed by atoms with Crippen molar-refractivity contribution >= 4 is 11.6 Å². The van der Waals surface area contributed by atoms with Gasteiger partial charge in [-0.3, -0.25) is 14.9 Å². The number of hydrogen-bond acceptors (Lipinski definition) is 3. The molecule has 0 aromatic heterocycles. The first-order chi connectivity index (χ1) is 6.02. The molecule has 0 aliphatic heterocycles. The van der Waals surface area contributed by atoms with Crippen LogP contribution in [-0.2, 0) is 17.1 Å². The molecular formula is C7H5FFeN2O3. The number of hydrogen-bond donors (Lipinski definition) is 1. The predicted molar refractivity (Wildman–Crippen MR) is 41.6 cm³/mol. The molecule has 1 rings (SSSR count). The molecule has 0 bridgehead atoms. The van der Waals surface area contributed by atoms with Crippen LogP contribution in [-0.4, -0.2) is 10.8 Å². The fourth-order valence-corrected chi connectivity index (χ4v) is 0.817. The third-order valence-corrected chi connectivity index (χ3v) is 1.43. The number of primary amides is 1. The average Bonchev–Trinajstić information content (AvgIpc) is 2.03. The van der Waals surface area contributed by atoms with Gasteiger partial charge in [0, 0.05) is 23.1 Å². The molecule has 14 heavy (non-hydrogen) atoms. The number of rotatable bonds is 2. The molecule has 1 aromatic carbocycles. The molecule has 2 N–H and O–H groups in total. The Morgan fingerprint density at radius 3 is 2.43 bits per heavy atom. The summed E-state index contributed by atoms with van der Waals surface area (Å²) < 4.78 is 12.9. The van der Waals surface area contributed by atoms with Crippen molar-refractivity contribution in [3.63, 3.8) is 0 Å². The Morgan fingerprint density at radius 2 is 2.07 bits per heavy atom. The zero-order valence-corrected chi connectivity index (χ0v) is 7.82. The van der Waals surface area contributed by atoms with E-state index in [1.165, 1.54) is 0 Å². The Morgan fingerprint density at radius 1 is 1.50 bits per heavy atom. The Balaban J connectivity index is 0.00000169. The van der Waals surface area contributed by atoms with Crippen molar-refractivity contribution < 1.29 is 31.2 Å². The third kappa shape index (κ3) is 2.51. The minimum atomic E-state index is -0.985. The second-order valence-corrected chi connectivity index (χ2v) is 2.29. The Hall–Kier alpha value is -1.46. The van der Waals surface area contributed by atoms with E-state index in [4.69, 9.17) is 5.73 Å². The van der Waals surface area contributed by atoms with Gasteiger partial charge in [0.25, 0.3) is 11.6 Å². The molecule has 0 aliphatic rings. The van der Waals surface area contributed by atoms with Crippen molar-refractivity contribution in [3.8, 4) is 0 Å². The fourth-order valence-electron chi connectivity index (χ4n) is 0.817. The maximum atomic E-state index is 12.9. The van der Waals surface area contributed by atoms with Gasteiger partial charge in [0.15, 0.2) is 0 Å². The molecule has 0 unspecified atom stereocenters. The van der Waals surface area contributed by atoms with Gasteiger partial charge >= 0.3 is 0 Å². The second-order valence-electron chi connectivity index (χ2n) is 2.29. The number of nitrogens with zero attached hydrogens (tertiary/aromatic N) is 1. The van der Waals surface area contributed by atoms with Gasteiger partial charge in [-0.2, -0.15) is 0 Å². The molecule has 0 aliphatic carbocycles. The van der Waals surface area contributed by atoms with Crippen LogP contribution < -0.4 is 5.73 Å². The zero-order valence-electron chi connectivity index (χ0n) is 6.71. The van der Waals surface area contributed by atoms with Crippen molar-refractivity contribution in [2.45, 2.75) is 0 Å². The zero-order chi connectivity index (χ0) is 10.0. The maximum Gasteiger partial charge on any atom is 0.272 e. The summed E-state index contributed by atoms with van der Waals surface area (Å²) in [5.41, 5.74) is 4.02. The average molecular weight is 240 g/mol. The summed E-state index contributed by atoms with van der Waals surface area (Å²) in [6.07, 6.45) is 0. The molecule has 0 fully saturated rings. The molecule has 1 amide bonds. The van der Waals surface area contributed by atoms with Crippen LogP contribution in [0, 0.1) is 15.9 Å². The molecule has 0 radical (unpaired) electrons. The van der Waals surface area contributed by atoms with E-state index in [1.54, 1.807) is 0 Å². The van der Waals surface area contributed by atoms with Crippen LogP contribution >= 0.6 is 0 Å². The van der Waals surface area contributed by atoms with Crippen LogP contribution in [0.15, 0.2) is 18.2 Å². The Labute approximate surface area is 88.7 Å². The molecule has 0 atom stereocenters. The molecule has 0 heterocycles. The molecular weight excluding hydrogens is 235 g/mol. The predicted octanol–water partition coefficient (Wildman–Crippen LogP) is 0.830. The summed E-state index contributed by atoms with van der Waals surface area (Å²) in [6, 6.07) is 2.65. The number of nitro benzene ring substituents is 1. The summed E-state index contributed by atoms with van der Waals surface area (Å²) in [6.45, 7) is 0. The summed E-state index contributed by atoms with van der Waals surface area (Å²) in [5, 5.41) is 10.2. The van der Waals surface area contributed by atoms with E-state index in [2.05, 4.69) is 0 Å².